The lowest BCUT2D eigenvalue weighted by Gasteiger charge is -2.18. The molecule has 0 aliphatic heterocycles. The van der Waals surface area contributed by atoms with Crippen molar-refractivity contribution >= 4 is 11.8 Å². The predicted molar refractivity (Wildman–Crippen MR) is 82.2 cm³/mol. The molecule has 0 aliphatic rings. The summed E-state index contributed by atoms with van der Waals surface area (Å²) in [7, 11) is 1.69. The first-order valence-electron chi connectivity index (χ1n) is 6.59. The molecule has 2 aromatic rings. The fourth-order valence-electron chi connectivity index (χ4n) is 1.91. The number of hydrogen-bond acceptors (Lipinski definition) is 5. The number of nitrogens with one attached hydrogen (secondary N) is 1. The van der Waals surface area contributed by atoms with E-state index in [1.807, 2.05) is 12.1 Å². The number of rotatable bonds is 7. The summed E-state index contributed by atoms with van der Waals surface area (Å²) in [5, 5.41) is 4.44. The Hall–Kier alpha value is -1.59. The van der Waals surface area contributed by atoms with Crippen LogP contribution in [-0.2, 0) is 0 Å². The molecule has 0 aliphatic carbocycles. The van der Waals surface area contributed by atoms with Crippen LogP contribution in [0.1, 0.15) is 18.5 Å². The molecule has 0 saturated heterocycles. The first-order chi connectivity index (χ1) is 9.83. The fraction of sp³-hybridized carbons (Fsp3) is 0.333. The number of benzene rings is 1. The molecule has 4 nitrogen and oxygen atoms in total. The van der Waals surface area contributed by atoms with Crippen molar-refractivity contribution in [3.63, 3.8) is 0 Å². The summed E-state index contributed by atoms with van der Waals surface area (Å²) in [6.07, 6.45) is 5.20. The van der Waals surface area contributed by atoms with E-state index in [9.17, 15) is 0 Å². The van der Waals surface area contributed by atoms with Gasteiger partial charge in [0, 0.05) is 24.2 Å². The van der Waals surface area contributed by atoms with E-state index in [2.05, 4.69) is 34.3 Å². The lowest BCUT2D eigenvalue weighted by molar-refractivity contribution is 0.413. The van der Waals surface area contributed by atoms with Crippen molar-refractivity contribution in [2.45, 2.75) is 18.0 Å². The molecule has 0 amide bonds. The first-order valence-corrected chi connectivity index (χ1v) is 7.58. The van der Waals surface area contributed by atoms with Crippen LogP contribution in [0.5, 0.6) is 5.75 Å². The highest BCUT2D eigenvalue weighted by atomic mass is 32.2. The average molecular weight is 289 g/mol. The Morgan fingerprint density at radius 1 is 1.35 bits per heavy atom. The van der Waals surface area contributed by atoms with Gasteiger partial charge in [0.1, 0.15) is 10.8 Å². The topological polar surface area (TPSA) is 47.0 Å². The summed E-state index contributed by atoms with van der Waals surface area (Å²) in [6, 6.07) is 8.44. The molecule has 1 heterocycles. The zero-order valence-electron chi connectivity index (χ0n) is 11.7. The molecule has 1 N–H and O–H groups in total. The lowest BCUT2D eigenvalue weighted by atomic mass is 10.1. The van der Waals surface area contributed by atoms with Crippen LogP contribution >= 0.6 is 11.8 Å². The van der Waals surface area contributed by atoms with Crippen LogP contribution in [0.3, 0.4) is 0 Å². The van der Waals surface area contributed by atoms with Gasteiger partial charge in [0.25, 0.3) is 0 Å². The van der Waals surface area contributed by atoms with Gasteiger partial charge in [-0.25, -0.2) is 4.98 Å². The Bertz CT molecular complexity index is 522. The first kappa shape index (κ1) is 14.8. The van der Waals surface area contributed by atoms with Crippen molar-refractivity contribution in [2.75, 3.05) is 19.4 Å². The molecule has 0 spiro atoms. The smallest absolute Gasteiger partial charge is 0.119 e. The molecule has 1 aromatic carbocycles. The van der Waals surface area contributed by atoms with Gasteiger partial charge in [-0.2, -0.15) is 0 Å². The Morgan fingerprint density at radius 2 is 2.25 bits per heavy atom. The van der Waals surface area contributed by atoms with Gasteiger partial charge < -0.3 is 10.1 Å². The number of methoxy groups -OCH3 is 1. The largest absolute Gasteiger partial charge is 0.497 e. The van der Waals surface area contributed by atoms with Crippen molar-refractivity contribution in [3.8, 4) is 5.75 Å². The van der Waals surface area contributed by atoms with Gasteiger partial charge in [0.15, 0.2) is 0 Å². The van der Waals surface area contributed by atoms with Crippen LogP contribution in [0, 0.1) is 0 Å². The molecule has 1 unspecified atom stereocenters. The quantitative estimate of drug-likeness (QED) is 0.794. The van der Waals surface area contributed by atoms with Gasteiger partial charge in [-0.05, 0) is 24.2 Å². The van der Waals surface area contributed by atoms with E-state index in [0.717, 1.165) is 23.1 Å². The van der Waals surface area contributed by atoms with E-state index in [1.54, 1.807) is 37.5 Å². The third kappa shape index (κ3) is 4.21. The zero-order valence-corrected chi connectivity index (χ0v) is 12.6. The molecule has 1 aromatic heterocycles. The molecule has 0 bridgehead atoms. The van der Waals surface area contributed by atoms with Gasteiger partial charge in [-0.3, -0.25) is 4.98 Å². The van der Waals surface area contributed by atoms with E-state index in [4.69, 9.17) is 4.74 Å². The van der Waals surface area contributed by atoms with Crippen molar-refractivity contribution < 1.29 is 4.74 Å². The molecule has 0 fully saturated rings. The summed E-state index contributed by atoms with van der Waals surface area (Å²) in [5.74, 6) is 1.79. The van der Waals surface area contributed by atoms with Crippen LogP contribution < -0.4 is 10.1 Å². The minimum absolute atomic E-state index is 0.266. The molecule has 0 radical (unpaired) electrons. The SMILES string of the molecule is CCNC(CSc1cnccn1)c1cccc(OC)c1. The molecule has 5 heteroatoms. The molecule has 0 saturated carbocycles. The second-order valence-corrected chi connectivity index (χ2v) is 5.28. The summed E-state index contributed by atoms with van der Waals surface area (Å²) >= 11 is 1.70. The Balaban J connectivity index is 2.06. The van der Waals surface area contributed by atoms with Gasteiger partial charge >= 0.3 is 0 Å². The minimum Gasteiger partial charge on any atom is -0.497 e. The number of nitrogens with zero attached hydrogens (tertiary/aromatic N) is 2. The zero-order chi connectivity index (χ0) is 14.2. The normalized spacial score (nSPS) is 12.1. The van der Waals surface area contributed by atoms with Crippen LogP contribution in [0.4, 0.5) is 0 Å². The highest BCUT2D eigenvalue weighted by Crippen LogP contribution is 2.25. The highest BCUT2D eigenvalue weighted by Gasteiger charge is 2.12. The molecule has 1 atom stereocenters. The number of hydrogen-bond donors (Lipinski definition) is 1. The van der Waals surface area contributed by atoms with E-state index in [1.165, 1.54) is 5.56 Å². The van der Waals surface area contributed by atoms with Crippen molar-refractivity contribution in [1.82, 2.24) is 15.3 Å². The standard InChI is InChI=1S/C15H19N3OS/c1-3-17-14(11-20-15-10-16-7-8-18-15)12-5-4-6-13(9-12)19-2/h4-10,14,17H,3,11H2,1-2H3. The van der Waals surface area contributed by atoms with Gasteiger partial charge in [-0.1, -0.05) is 19.1 Å². The highest BCUT2D eigenvalue weighted by molar-refractivity contribution is 7.99. The molecule has 2 rings (SSSR count). The summed E-state index contributed by atoms with van der Waals surface area (Å²) in [4.78, 5) is 8.37. The predicted octanol–water partition coefficient (Wildman–Crippen LogP) is 2.93. The summed E-state index contributed by atoms with van der Waals surface area (Å²) < 4.78 is 5.29. The van der Waals surface area contributed by atoms with Crippen LogP contribution in [-0.4, -0.2) is 29.4 Å². The third-order valence-electron chi connectivity index (χ3n) is 2.88. The van der Waals surface area contributed by atoms with Gasteiger partial charge in [-0.15, -0.1) is 11.8 Å². The van der Waals surface area contributed by atoms with E-state index < -0.39 is 0 Å². The van der Waals surface area contributed by atoms with Crippen LogP contribution in [0.25, 0.3) is 0 Å². The van der Waals surface area contributed by atoms with Crippen molar-refractivity contribution in [1.29, 1.82) is 0 Å². The average Bonchev–Trinajstić information content (AvgIpc) is 2.52. The van der Waals surface area contributed by atoms with E-state index in [0.29, 0.717) is 0 Å². The molecular formula is C15H19N3OS. The maximum absolute atomic E-state index is 5.29. The van der Waals surface area contributed by atoms with Crippen LogP contribution in [0.15, 0.2) is 47.9 Å². The number of aromatic nitrogens is 2. The molecular weight excluding hydrogens is 270 g/mol. The minimum atomic E-state index is 0.266. The maximum atomic E-state index is 5.29. The Labute approximate surface area is 124 Å². The van der Waals surface area contributed by atoms with E-state index >= 15 is 0 Å². The number of ether oxygens (including phenoxy) is 1. The van der Waals surface area contributed by atoms with Crippen molar-refractivity contribution in [3.05, 3.63) is 48.4 Å². The van der Waals surface area contributed by atoms with E-state index in [-0.39, 0.29) is 6.04 Å². The Morgan fingerprint density at radius 3 is 2.95 bits per heavy atom. The lowest BCUT2D eigenvalue weighted by Crippen LogP contribution is -2.23. The second kappa shape index (κ2) is 7.87. The second-order valence-electron chi connectivity index (χ2n) is 4.24. The third-order valence-corrected chi connectivity index (χ3v) is 3.89. The Kier molecular flexibility index (Phi) is 5.83. The monoisotopic (exact) mass is 289 g/mol. The summed E-state index contributed by atoms with van der Waals surface area (Å²) in [6.45, 7) is 3.03. The van der Waals surface area contributed by atoms with Crippen molar-refractivity contribution in [2.24, 2.45) is 0 Å². The molecule has 106 valence electrons. The van der Waals surface area contributed by atoms with Crippen LogP contribution in [0.2, 0.25) is 0 Å². The van der Waals surface area contributed by atoms with Gasteiger partial charge in [0.2, 0.25) is 0 Å². The maximum Gasteiger partial charge on any atom is 0.119 e. The number of thioether (sulfide) groups is 1. The molecule has 20 heavy (non-hydrogen) atoms. The summed E-state index contributed by atoms with van der Waals surface area (Å²) in [5.41, 5.74) is 1.22. The fourth-order valence-corrected chi connectivity index (χ4v) is 2.82. The van der Waals surface area contributed by atoms with Gasteiger partial charge in [0.05, 0.1) is 13.3 Å².